The molecule has 0 amide bonds. The molecule has 4 rings (SSSR count). The number of hydrogen-bond acceptors (Lipinski definition) is 7. The van der Waals surface area contributed by atoms with Crippen LogP contribution in [0, 0.1) is 5.92 Å². The second-order valence-corrected chi connectivity index (χ2v) is 10.7. The van der Waals surface area contributed by atoms with Gasteiger partial charge < -0.3 is 15.4 Å². The highest BCUT2D eigenvalue weighted by molar-refractivity contribution is 7.70. The van der Waals surface area contributed by atoms with Gasteiger partial charge in [0.25, 0.3) is 0 Å². The van der Waals surface area contributed by atoms with E-state index >= 15 is 0 Å². The van der Waals surface area contributed by atoms with Crippen molar-refractivity contribution in [2.24, 2.45) is 5.92 Å². The van der Waals surface area contributed by atoms with E-state index in [1.807, 2.05) is 12.1 Å². The van der Waals surface area contributed by atoms with Crippen molar-refractivity contribution in [3.8, 4) is 5.75 Å². The lowest BCUT2D eigenvalue weighted by Gasteiger charge is -2.32. The third kappa shape index (κ3) is 5.88. The van der Waals surface area contributed by atoms with Crippen LogP contribution in [0.25, 0.3) is 0 Å². The van der Waals surface area contributed by atoms with Gasteiger partial charge in [0.05, 0.1) is 18.5 Å². The Bertz CT molecular complexity index is 1050. The number of para-hydroxylation sites is 1. The number of rotatable bonds is 7. The highest BCUT2D eigenvalue weighted by Crippen LogP contribution is 2.42. The monoisotopic (exact) mass is 493 g/mol. The fourth-order valence-electron chi connectivity index (χ4n) is 4.81. The topological polar surface area (TPSA) is 105 Å². The van der Waals surface area contributed by atoms with Gasteiger partial charge in [-0.3, -0.25) is 0 Å². The van der Waals surface area contributed by atoms with Gasteiger partial charge in [0.15, 0.2) is 5.82 Å². The third-order valence-corrected chi connectivity index (χ3v) is 7.36. The second-order valence-electron chi connectivity index (χ2n) is 9.45. The summed E-state index contributed by atoms with van der Waals surface area (Å²) in [5.41, 5.74) is 2.02. The van der Waals surface area contributed by atoms with Crippen LogP contribution in [0.4, 0.5) is 17.5 Å². The van der Waals surface area contributed by atoms with Gasteiger partial charge in [-0.1, -0.05) is 50.4 Å². The predicted molar refractivity (Wildman–Crippen MR) is 132 cm³/mol. The minimum atomic E-state index is -2.61. The maximum Gasteiger partial charge on any atom is 0.229 e. The van der Waals surface area contributed by atoms with Crippen molar-refractivity contribution in [3.63, 3.8) is 0 Å². The van der Waals surface area contributed by atoms with E-state index in [-0.39, 0.29) is 17.4 Å². The summed E-state index contributed by atoms with van der Waals surface area (Å²) in [7, 11) is -2.61. The lowest BCUT2D eigenvalue weighted by atomic mass is 9.80. The number of aromatic nitrogens is 2. The van der Waals surface area contributed by atoms with E-state index in [0.717, 1.165) is 50.0 Å². The summed E-state index contributed by atoms with van der Waals surface area (Å²) >= 11 is 6.42. The van der Waals surface area contributed by atoms with Crippen molar-refractivity contribution in [1.29, 1.82) is 0 Å². The van der Waals surface area contributed by atoms with Gasteiger partial charge in [0, 0.05) is 18.2 Å². The largest absolute Gasteiger partial charge is 0.491 e. The fraction of sp³-hybridized carbons (Fsp3) is 0.565. The molecule has 2 aromatic rings. The van der Waals surface area contributed by atoms with E-state index in [2.05, 4.69) is 45.2 Å². The molecule has 33 heavy (non-hydrogen) atoms. The smallest absolute Gasteiger partial charge is 0.229 e. The number of ether oxygens (including phenoxy) is 1. The van der Waals surface area contributed by atoms with Crippen molar-refractivity contribution in [3.05, 3.63) is 35.0 Å². The molecule has 0 unspecified atom stereocenters. The first-order valence-corrected chi connectivity index (χ1v) is 13.1. The summed E-state index contributed by atoms with van der Waals surface area (Å²) in [5, 5.41) is 7.19. The Hall–Kier alpha value is -2.10. The first-order chi connectivity index (χ1) is 15.8. The Morgan fingerprint density at radius 3 is 2.85 bits per heavy atom. The van der Waals surface area contributed by atoms with Crippen molar-refractivity contribution < 1.29 is 13.2 Å². The van der Waals surface area contributed by atoms with E-state index in [1.165, 1.54) is 5.56 Å². The molecule has 1 aliphatic carbocycles. The van der Waals surface area contributed by atoms with Gasteiger partial charge in [-0.15, -0.1) is 0 Å². The quantitative estimate of drug-likeness (QED) is 0.423. The van der Waals surface area contributed by atoms with Crippen LogP contribution in [0.15, 0.2) is 24.4 Å². The molecule has 3 N–H and O–H groups in total. The maximum absolute atomic E-state index is 11.0. The minimum Gasteiger partial charge on any atom is -0.491 e. The summed E-state index contributed by atoms with van der Waals surface area (Å²) in [4.78, 5) is 9.01. The molecule has 8 nitrogen and oxygen atoms in total. The van der Waals surface area contributed by atoms with Crippen LogP contribution in [0.5, 0.6) is 5.75 Å². The summed E-state index contributed by atoms with van der Waals surface area (Å²) < 4.78 is 30.6. The Morgan fingerprint density at radius 2 is 2.03 bits per heavy atom. The normalized spacial score (nSPS) is 22.2. The zero-order valence-electron chi connectivity index (χ0n) is 19.1. The second kappa shape index (κ2) is 10.4. The van der Waals surface area contributed by atoms with Crippen LogP contribution < -0.4 is 20.1 Å². The van der Waals surface area contributed by atoms with E-state index in [0.29, 0.717) is 29.9 Å². The Morgan fingerprint density at radius 1 is 1.21 bits per heavy atom. The molecular formula is C23H32ClN5O3S. The average molecular weight is 494 g/mol. The zero-order valence-corrected chi connectivity index (χ0v) is 20.7. The van der Waals surface area contributed by atoms with Gasteiger partial charge in [-0.05, 0) is 43.1 Å². The van der Waals surface area contributed by atoms with Crippen LogP contribution in [-0.2, 0) is 16.3 Å². The lowest BCUT2D eigenvalue weighted by molar-refractivity contribution is 0.315. The Kier molecular flexibility index (Phi) is 7.61. The molecule has 0 bridgehead atoms. The molecule has 1 fully saturated rings. The molecule has 2 atom stereocenters. The maximum atomic E-state index is 11.0. The van der Waals surface area contributed by atoms with Crippen LogP contribution in [0.3, 0.4) is 0 Å². The van der Waals surface area contributed by atoms with E-state index < -0.39 is 10.9 Å². The molecule has 1 aromatic heterocycles. The van der Waals surface area contributed by atoms with Crippen molar-refractivity contribution in [2.45, 2.75) is 63.8 Å². The number of fused-ring (bicyclic) bond motifs is 1. The van der Waals surface area contributed by atoms with Gasteiger partial charge in [-0.25, -0.2) is 18.1 Å². The van der Waals surface area contributed by atoms with E-state index in [9.17, 15) is 8.42 Å². The average Bonchev–Trinajstić information content (AvgIpc) is 2.94. The number of hydrogen-bond donors (Lipinski definition) is 4. The highest BCUT2D eigenvalue weighted by atomic mass is 35.5. The first kappa shape index (κ1) is 24.0. The molecular weight excluding hydrogens is 462 g/mol. The van der Waals surface area contributed by atoms with Crippen molar-refractivity contribution in [2.75, 3.05) is 23.8 Å². The number of anilines is 3. The molecule has 0 radical (unpaired) electrons. The molecule has 180 valence electrons. The minimum absolute atomic E-state index is 0.0235. The third-order valence-electron chi connectivity index (χ3n) is 6.64. The molecule has 2 heterocycles. The summed E-state index contributed by atoms with van der Waals surface area (Å²) in [6.45, 7) is 5.57. The number of nitrogens with zero attached hydrogens (tertiary/aromatic N) is 2. The zero-order chi connectivity index (χ0) is 23.4. The first-order valence-electron chi connectivity index (χ1n) is 11.5. The van der Waals surface area contributed by atoms with Crippen LogP contribution >= 0.6 is 11.6 Å². The molecule has 2 aliphatic rings. The number of nitrogens with one attached hydrogen (secondary N) is 3. The molecule has 1 aliphatic heterocycles. The van der Waals surface area contributed by atoms with E-state index in [4.69, 9.17) is 16.3 Å². The van der Waals surface area contributed by atoms with E-state index in [1.54, 1.807) is 6.20 Å². The van der Waals surface area contributed by atoms with Crippen LogP contribution in [0.2, 0.25) is 5.02 Å². The van der Waals surface area contributed by atoms with Crippen molar-refractivity contribution >= 4 is 39.9 Å². The molecule has 1 aromatic carbocycles. The van der Waals surface area contributed by atoms with Crippen LogP contribution in [0.1, 0.15) is 57.9 Å². The van der Waals surface area contributed by atoms with Crippen molar-refractivity contribution in [1.82, 2.24) is 14.7 Å². The Balaban J connectivity index is 1.55. The van der Waals surface area contributed by atoms with Gasteiger partial charge in [-0.2, -0.15) is 4.98 Å². The summed E-state index contributed by atoms with van der Waals surface area (Å²) in [5.74, 6) is 1.99. The SMILES string of the molecule is CC1(C)CCCOc2c(Nc3ncc(Cl)c(N[C@@H]4CCCC[C@@H]4CN[SH](=O)=O)n3)cccc21. The number of thiol groups is 1. The molecule has 0 spiro atoms. The van der Waals surface area contributed by atoms with Gasteiger partial charge in [0.2, 0.25) is 16.8 Å². The van der Waals surface area contributed by atoms with Gasteiger partial charge in [0.1, 0.15) is 10.8 Å². The summed E-state index contributed by atoms with van der Waals surface area (Å²) in [6.07, 6.45) is 7.69. The molecule has 0 saturated heterocycles. The summed E-state index contributed by atoms with van der Waals surface area (Å²) in [6, 6.07) is 6.19. The number of halogens is 1. The number of benzene rings is 1. The predicted octanol–water partition coefficient (Wildman–Crippen LogP) is 4.41. The molecule has 10 heteroatoms. The molecule has 1 saturated carbocycles. The lowest BCUT2D eigenvalue weighted by Crippen LogP contribution is -2.38. The standard InChI is InChI=1S/C23H32ClN5O3S/c1-23(2)11-6-12-32-20-16(23)8-5-10-19(20)28-22-25-14-17(24)21(29-22)27-18-9-4-3-7-15(18)13-26-33(30)31/h5,8,10,14-15,18,33H,3-4,6-7,9,11-13H2,1-2H3,(H,26,30,31)(H2,25,27,28,29)/t15-,18-/m1/s1. The Labute approximate surface area is 202 Å². The van der Waals surface area contributed by atoms with Gasteiger partial charge >= 0.3 is 0 Å². The van der Waals surface area contributed by atoms with Crippen LogP contribution in [-0.4, -0.2) is 37.6 Å². The highest BCUT2D eigenvalue weighted by Gasteiger charge is 2.29. The fourth-order valence-corrected chi connectivity index (χ4v) is 5.33.